The van der Waals surface area contributed by atoms with Crippen molar-refractivity contribution < 1.29 is 4.79 Å². The minimum Gasteiger partial charge on any atom is -0.325 e. The largest absolute Gasteiger partial charge is 0.325 e. The monoisotopic (exact) mass is 346 g/mol. The highest BCUT2D eigenvalue weighted by Crippen LogP contribution is 2.37. The van der Waals surface area contributed by atoms with Gasteiger partial charge >= 0.3 is 0 Å². The summed E-state index contributed by atoms with van der Waals surface area (Å²) in [6, 6.07) is 5.94. The lowest BCUT2D eigenvalue weighted by Crippen LogP contribution is -2.30. The molecule has 0 bridgehead atoms. The summed E-state index contributed by atoms with van der Waals surface area (Å²) in [4.78, 5) is 14.0. The molecule has 1 heterocycles. The molecule has 1 aromatic rings. The zero-order valence-electron chi connectivity index (χ0n) is 12.3. The van der Waals surface area contributed by atoms with E-state index in [4.69, 9.17) is 0 Å². The topological polar surface area (TPSA) is 32.3 Å². The van der Waals surface area contributed by atoms with Crippen molar-refractivity contribution in [3.63, 3.8) is 0 Å². The molecule has 1 N–H and O–H groups in total. The standard InChI is InChI=1S/C17H19BrN2O/c1-4-6-12(7-5-2)17-14-10-13(18)8-9-15(14)19-16(21)11-20(17)3/h4-10,17H,1,11H2,2-3H3,(H,19,21)/b7-5-,12-6+. The number of anilines is 1. The van der Waals surface area contributed by atoms with Gasteiger partial charge in [-0.1, -0.05) is 46.8 Å². The number of allylic oxidation sites excluding steroid dienone is 3. The number of fused-ring (bicyclic) bond motifs is 1. The molecule has 3 nitrogen and oxygen atoms in total. The van der Waals surface area contributed by atoms with Gasteiger partial charge in [0, 0.05) is 10.2 Å². The molecule has 0 radical (unpaired) electrons. The summed E-state index contributed by atoms with van der Waals surface area (Å²) < 4.78 is 0.995. The number of nitrogens with zero attached hydrogens (tertiary/aromatic N) is 1. The maximum atomic E-state index is 12.0. The molecule has 4 heteroatoms. The van der Waals surface area contributed by atoms with Crippen LogP contribution < -0.4 is 5.32 Å². The number of carbonyl (C=O) groups excluding carboxylic acids is 1. The highest BCUT2D eigenvalue weighted by atomic mass is 79.9. The molecule has 0 saturated heterocycles. The zero-order chi connectivity index (χ0) is 15.4. The zero-order valence-corrected chi connectivity index (χ0v) is 13.9. The minimum absolute atomic E-state index is 0.00186. The molecule has 21 heavy (non-hydrogen) atoms. The van der Waals surface area contributed by atoms with E-state index in [2.05, 4.69) is 40.0 Å². The van der Waals surface area contributed by atoms with E-state index in [1.807, 2.05) is 43.2 Å². The Morgan fingerprint density at radius 3 is 2.95 bits per heavy atom. The van der Waals surface area contributed by atoms with Crippen molar-refractivity contribution in [1.82, 2.24) is 4.90 Å². The van der Waals surface area contributed by atoms with Crippen molar-refractivity contribution in [3.8, 4) is 0 Å². The number of nitrogens with one attached hydrogen (secondary N) is 1. The van der Waals surface area contributed by atoms with Gasteiger partial charge in [-0.25, -0.2) is 0 Å². The van der Waals surface area contributed by atoms with Crippen LogP contribution in [-0.2, 0) is 4.79 Å². The third kappa shape index (κ3) is 3.52. The Morgan fingerprint density at radius 2 is 2.29 bits per heavy atom. The molecule has 110 valence electrons. The third-order valence-electron chi connectivity index (χ3n) is 3.40. The average molecular weight is 347 g/mol. The number of carbonyl (C=O) groups is 1. The molecule has 1 amide bonds. The lowest BCUT2D eigenvalue weighted by molar-refractivity contribution is -0.117. The van der Waals surface area contributed by atoms with Crippen LogP contribution in [0.1, 0.15) is 18.5 Å². The first-order chi connectivity index (χ1) is 10.1. The summed E-state index contributed by atoms with van der Waals surface area (Å²) in [6.45, 7) is 6.13. The number of halogens is 1. The van der Waals surface area contributed by atoms with Crippen LogP contribution in [0.5, 0.6) is 0 Å². The van der Waals surface area contributed by atoms with E-state index < -0.39 is 0 Å². The Morgan fingerprint density at radius 1 is 1.52 bits per heavy atom. The molecule has 0 aliphatic carbocycles. The molecule has 1 unspecified atom stereocenters. The summed E-state index contributed by atoms with van der Waals surface area (Å²) in [5, 5.41) is 2.97. The highest BCUT2D eigenvalue weighted by molar-refractivity contribution is 9.10. The second-order valence-corrected chi connectivity index (χ2v) is 5.92. The number of likely N-dealkylation sites (N-methyl/N-ethyl adjacent to an activating group) is 1. The fourth-order valence-corrected chi connectivity index (χ4v) is 3.00. The Labute approximate surface area is 134 Å². The van der Waals surface area contributed by atoms with Gasteiger partial charge in [-0.05, 0) is 43.3 Å². The SMILES string of the molecule is C=C/C=C(\C=C/C)C1c2cc(Br)ccc2NC(=O)CN1C. The van der Waals surface area contributed by atoms with Crippen LogP contribution in [0.2, 0.25) is 0 Å². The first-order valence-electron chi connectivity index (χ1n) is 6.81. The number of benzene rings is 1. The summed E-state index contributed by atoms with van der Waals surface area (Å²) in [5.41, 5.74) is 3.03. The molecule has 1 aliphatic heterocycles. The molecule has 0 spiro atoms. The van der Waals surface area contributed by atoms with Crippen molar-refractivity contribution in [3.05, 3.63) is 64.7 Å². The van der Waals surface area contributed by atoms with E-state index in [0.717, 1.165) is 21.3 Å². The number of hydrogen-bond donors (Lipinski definition) is 1. The Hall–Kier alpha value is -1.65. The Balaban J connectivity index is 2.62. The molecule has 1 atom stereocenters. The van der Waals surface area contributed by atoms with E-state index in [0.29, 0.717) is 6.54 Å². The van der Waals surface area contributed by atoms with Gasteiger partial charge in [0.05, 0.1) is 12.6 Å². The molecule has 2 rings (SSSR count). The lowest BCUT2D eigenvalue weighted by Gasteiger charge is -2.27. The molecule has 1 aromatic carbocycles. The Bertz CT molecular complexity index is 619. The minimum atomic E-state index is 0.00186. The number of rotatable bonds is 3. The van der Waals surface area contributed by atoms with Crippen LogP contribution >= 0.6 is 15.9 Å². The predicted molar refractivity (Wildman–Crippen MR) is 91.2 cm³/mol. The van der Waals surface area contributed by atoms with Crippen LogP contribution in [0.25, 0.3) is 0 Å². The normalized spacial score (nSPS) is 20.0. The lowest BCUT2D eigenvalue weighted by atomic mass is 9.95. The first kappa shape index (κ1) is 15.7. The molecule has 0 saturated carbocycles. The van der Waals surface area contributed by atoms with Crippen molar-refractivity contribution in [2.45, 2.75) is 13.0 Å². The van der Waals surface area contributed by atoms with Gasteiger partial charge < -0.3 is 5.32 Å². The van der Waals surface area contributed by atoms with Crippen LogP contribution in [-0.4, -0.2) is 24.4 Å². The van der Waals surface area contributed by atoms with Crippen LogP contribution in [0.4, 0.5) is 5.69 Å². The van der Waals surface area contributed by atoms with E-state index in [-0.39, 0.29) is 11.9 Å². The third-order valence-corrected chi connectivity index (χ3v) is 3.89. The van der Waals surface area contributed by atoms with Crippen molar-refractivity contribution >= 4 is 27.5 Å². The molecule has 1 aliphatic rings. The van der Waals surface area contributed by atoms with Gasteiger partial charge in [-0.2, -0.15) is 0 Å². The van der Waals surface area contributed by atoms with Gasteiger partial charge in [0.1, 0.15) is 0 Å². The van der Waals surface area contributed by atoms with Crippen molar-refractivity contribution in [1.29, 1.82) is 0 Å². The van der Waals surface area contributed by atoms with E-state index >= 15 is 0 Å². The van der Waals surface area contributed by atoms with Gasteiger partial charge in [0.15, 0.2) is 0 Å². The molecule has 0 fully saturated rings. The van der Waals surface area contributed by atoms with Gasteiger partial charge in [-0.15, -0.1) is 0 Å². The summed E-state index contributed by atoms with van der Waals surface area (Å²) in [6.07, 6.45) is 7.83. The molecular weight excluding hydrogens is 328 g/mol. The Kier molecular flexibility index (Phi) is 5.15. The second-order valence-electron chi connectivity index (χ2n) is 5.00. The maximum absolute atomic E-state index is 12.0. The number of amides is 1. The van der Waals surface area contributed by atoms with Crippen molar-refractivity contribution in [2.75, 3.05) is 18.9 Å². The van der Waals surface area contributed by atoms with Crippen molar-refractivity contribution in [2.24, 2.45) is 0 Å². The fraction of sp³-hybridized carbons (Fsp3) is 0.235. The summed E-state index contributed by atoms with van der Waals surface area (Å²) >= 11 is 3.52. The highest BCUT2D eigenvalue weighted by Gasteiger charge is 2.28. The van der Waals surface area contributed by atoms with E-state index in [9.17, 15) is 4.79 Å². The predicted octanol–water partition coefficient (Wildman–Crippen LogP) is 4.06. The molecule has 0 aromatic heterocycles. The second kappa shape index (κ2) is 6.87. The first-order valence-corrected chi connectivity index (χ1v) is 7.61. The van der Waals surface area contributed by atoms with Crippen LogP contribution in [0, 0.1) is 0 Å². The van der Waals surface area contributed by atoms with Gasteiger partial charge in [0.2, 0.25) is 5.91 Å². The summed E-state index contributed by atoms with van der Waals surface area (Å²) in [7, 11) is 1.96. The average Bonchev–Trinajstić information content (AvgIpc) is 2.53. The quantitative estimate of drug-likeness (QED) is 0.837. The smallest absolute Gasteiger partial charge is 0.238 e. The van der Waals surface area contributed by atoms with Gasteiger partial charge in [-0.3, -0.25) is 9.69 Å². The van der Waals surface area contributed by atoms with Gasteiger partial charge in [0.25, 0.3) is 0 Å². The maximum Gasteiger partial charge on any atom is 0.238 e. The number of hydrogen-bond acceptors (Lipinski definition) is 2. The van der Waals surface area contributed by atoms with Crippen LogP contribution in [0.3, 0.4) is 0 Å². The van der Waals surface area contributed by atoms with E-state index in [1.54, 1.807) is 6.08 Å². The van der Waals surface area contributed by atoms with E-state index in [1.165, 1.54) is 0 Å². The fourth-order valence-electron chi connectivity index (χ4n) is 2.62. The summed E-state index contributed by atoms with van der Waals surface area (Å²) in [5.74, 6) is 0.00186. The van der Waals surface area contributed by atoms with Crippen LogP contribution in [0.15, 0.2) is 59.1 Å². The molecular formula is C17H19BrN2O.